The second-order valence-corrected chi connectivity index (χ2v) is 6.82. The van der Waals surface area contributed by atoms with Crippen LogP contribution in [0.2, 0.25) is 0 Å². The lowest BCUT2D eigenvalue weighted by atomic mass is 10.0. The van der Waals surface area contributed by atoms with Gasteiger partial charge in [-0.05, 0) is 18.6 Å². The Morgan fingerprint density at radius 1 is 1.35 bits per heavy atom. The summed E-state index contributed by atoms with van der Waals surface area (Å²) < 4.78 is 10.8. The van der Waals surface area contributed by atoms with Crippen molar-refractivity contribution in [2.75, 3.05) is 32.8 Å². The second-order valence-electron chi connectivity index (χ2n) is 6.82. The van der Waals surface area contributed by atoms with Crippen molar-refractivity contribution in [1.29, 1.82) is 0 Å². The average molecular weight is 358 g/mol. The molecule has 1 aliphatic heterocycles. The lowest BCUT2D eigenvalue weighted by Gasteiger charge is -2.34. The van der Waals surface area contributed by atoms with Crippen molar-refractivity contribution >= 4 is 5.91 Å². The van der Waals surface area contributed by atoms with Crippen LogP contribution in [-0.4, -0.2) is 53.8 Å². The molecule has 0 aliphatic carbocycles. The quantitative estimate of drug-likeness (QED) is 0.853. The van der Waals surface area contributed by atoms with Gasteiger partial charge >= 0.3 is 0 Å². The van der Waals surface area contributed by atoms with E-state index < -0.39 is 0 Å². The van der Waals surface area contributed by atoms with E-state index in [9.17, 15) is 4.79 Å². The van der Waals surface area contributed by atoms with Gasteiger partial charge in [-0.25, -0.2) is 0 Å². The Hall–Kier alpha value is -2.25. The minimum atomic E-state index is -0.144. The van der Waals surface area contributed by atoms with E-state index in [-0.39, 0.29) is 17.9 Å². The number of ether oxygens (including phenoxy) is 1. The van der Waals surface area contributed by atoms with Crippen LogP contribution in [0, 0.1) is 6.92 Å². The molecule has 7 nitrogen and oxygen atoms in total. The summed E-state index contributed by atoms with van der Waals surface area (Å²) in [6.07, 6.45) is 3.62. The zero-order chi connectivity index (χ0) is 18.5. The van der Waals surface area contributed by atoms with Crippen molar-refractivity contribution in [2.24, 2.45) is 0 Å². The fourth-order valence-corrected chi connectivity index (χ4v) is 3.26. The summed E-state index contributed by atoms with van der Waals surface area (Å²) in [4.78, 5) is 19.4. The van der Waals surface area contributed by atoms with Crippen LogP contribution in [0.25, 0.3) is 0 Å². The van der Waals surface area contributed by atoms with Crippen LogP contribution < -0.4 is 5.32 Å². The highest BCUT2D eigenvalue weighted by atomic mass is 16.5. The summed E-state index contributed by atoms with van der Waals surface area (Å²) in [5, 5.41) is 7.03. The van der Waals surface area contributed by atoms with E-state index in [1.807, 2.05) is 32.2 Å². The number of morpholine rings is 1. The number of carbonyl (C=O) groups is 1. The molecule has 26 heavy (non-hydrogen) atoms. The summed E-state index contributed by atoms with van der Waals surface area (Å²) in [5.74, 6) is 0.587. The molecule has 0 radical (unpaired) electrons. The van der Waals surface area contributed by atoms with Crippen molar-refractivity contribution in [2.45, 2.75) is 32.7 Å². The number of nitrogens with one attached hydrogen (secondary N) is 1. The van der Waals surface area contributed by atoms with Gasteiger partial charge in [0.25, 0.3) is 5.91 Å². The Morgan fingerprint density at radius 3 is 2.77 bits per heavy atom. The predicted octanol–water partition coefficient (Wildman–Crippen LogP) is 2.30. The average Bonchev–Trinajstić information content (AvgIpc) is 3.05. The Morgan fingerprint density at radius 2 is 2.12 bits per heavy atom. The Kier molecular flexibility index (Phi) is 6.00. The topological polar surface area (TPSA) is 80.5 Å². The van der Waals surface area contributed by atoms with Crippen molar-refractivity contribution in [3.63, 3.8) is 0 Å². The number of carbonyl (C=O) groups excluding carboxylic acids is 1. The maximum atomic E-state index is 12.8. The number of aromatic nitrogens is 2. The lowest BCUT2D eigenvalue weighted by molar-refractivity contribution is 0.0161. The molecular weight excluding hydrogens is 332 g/mol. The van der Waals surface area contributed by atoms with E-state index >= 15 is 0 Å². The first-order valence-electron chi connectivity index (χ1n) is 9.04. The van der Waals surface area contributed by atoms with Crippen molar-refractivity contribution in [1.82, 2.24) is 20.4 Å². The summed E-state index contributed by atoms with van der Waals surface area (Å²) >= 11 is 0. The third-order valence-electron chi connectivity index (χ3n) is 4.65. The van der Waals surface area contributed by atoms with Gasteiger partial charge in [0.05, 0.1) is 24.9 Å². The van der Waals surface area contributed by atoms with Crippen LogP contribution in [0.5, 0.6) is 0 Å². The number of pyridine rings is 1. The van der Waals surface area contributed by atoms with Crippen molar-refractivity contribution < 1.29 is 14.1 Å². The van der Waals surface area contributed by atoms with E-state index in [0.29, 0.717) is 36.8 Å². The Labute approximate surface area is 153 Å². The summed E-state index contributed by atoms with van der Waals surface area (Å²) in [6.45, 7) is 9.33. The molecule has 1 N–H and O–H groups in total. The van der Waals surface area contributed by atoms with Gasteiger partial charge in [0.1, 0.15) is 5.56 Å². The number of hydrogen-bond donors (Lipinski definition) is 1. The number of aryl methyl sites for hydroxylation is 1. The maximum Gasteiger partial charge on any atom is 0.256 e. The molecule has 0 bridgehead atoms. The molecule has 0 saturated carbocycles. The van der Waals surface area contributed by atoms with Gasteiger partial charge in [-0.15, -0.1) is 0 Å². The Balaban J connectivity index is 1.75. The normalized spacial score (nSPS) is 16.6. The van der Waals surface area contributed by atoms with E-state index in [0.717, 1.165) is 18.7 Å². The maximum absolute atomic E-state index is 12.8. The molecule has 1 atom stereocenters. The number of hydrogen-bond acceptors (Lipinski definition) is 6. The predicted molar refractivity (Wildman–Crippen MR) is 97.0 cm³/mol. The molecule has 1 saturated heterocycles. The molecule has 1 unspecified atom stereocenters. The number of rotatable bonds is 6. The highest BCUT2D eigenvalue weighted by molar-refractivity contribution is 5.96. The van der Waals surface area contributed by atoms with E-state index in [4.69, 9.17) is 9.26 Å². The molecule has 2 aromatic heterocycles. The molecule has 1 amide bonds. The van der Waals surface area contributed by atoms with Gasteiger partial charge in [0.2, 0.25) is 0 Å². The second kappa shape index (κ2) is 8.42. The van der Waals surface area contributed by atoms with E-state index in [1.165, 1.54) is 0 Å². The first-order valence-corrected chi connectivity index (χ1v) is 9.04. The standard InChI is InChI=1S/C19H26N4O3/c1-13(2)18-17(14(3)22-26-18)19(24)21-12-16(15-5-4-6-20-11-15)23-7-9-25-10-8-23/h4-6,11,13,16H,7-10,12H2,1-3H3,(H,21,24). The fraction of sp³-hybridized carbons (Fsp3) is 0.526. The van der Waals surface area contributed by atoms with Crippen LogP contribution in [0.1, 0.15) is 53.2 Å². The van der Waals surface area contributed by atoms with Crippen LogP contribution in [-0.2, 0) is 4.74 Å². The molecule has 0 spiro atoms. The smallest absolute Gasteiger partial charge is 0.256 e. The fourth-order valence-electron chi connectivity index (χ4n) is 3.26. The van der Waals surface area contributed by atoms with Gasteiger partial charge in [0, 0.05) is 37.9 Å². The first-order chi connectivity index (χ1) is 12.6. The monoisotopic (exact) mass is 358 g/mol. The lowest BCUT2D eigenvalue weighted by Crippen LogP contribution is -2.44. The van der Waals surface area contributed by atoms with Crippen LogP contribution in [0.15, 0.2) is 29.0 Å². The largest absolute Gasteiger partial charge is 0.379 e. The molecule has 1 fully saturated rings. The van der Waals surface area contributed by atoms with Crippen molar-refractivity contribution in [3.05, 3.63) is 47.1 Å². The summed E-state index contributed by atoms with van der Waals surface area (Å²) in [6, 6.07) is 4.02. The van der Waals surface area contributed by atoms with Gasteiger partial charge in [-0.1, -0.05) is 25.1 Å². The van der Waals surface area contributed by atoms with Gasteiger partial charge in [0.15, 0.2) is 5.76 Å². The van der Waals surface area contributed by atoms with Gasteiger partial charge in [-0.2, -0.15) is 0 Å². The highest BCUT2D eigenvalue weighted by Crippen LogP contribution is 2.23. The van der Waals surface area contributed by atoms with E-state index in [1.54, 1.807) is 13.1 Å². The van der Waals surface area contributed by atoms with Crippen LogP contribution in [0.3, 0.4) is 0 Å². The van der Waals surface area contributed by atoms with Gasteiger partial charge < -0.3 is 14.6 Å². The zero-order valence-electron chi connectivity index (χ0n) is 15.6. The third-order valence-corrected chi connectivity index (χ3v) is 4.65. The first kappa shape index (κ1) is 18.5. The Bertz CT molecular complexity index is 724. The zero-order valence-corrected chi connectivity index (χ0v) is 15.6. The molecule has 3 rings (SSSR count). The summed E-state index contributed by atoms with van der Waals surface area (Å²) in [5.41, 5.74) is 2.25. The molecule has 140 valence electrons. The molecule has 0 aromatic carbocycles. The molecule has 1 aliphatic rings. The third kappa shape index (κ3) is 4.11. The minimum Gasteiger partial charge on any atom is -0.379 e. The number of nitrogens with zero attached hydrogens (tertiary/aromatic N) is 3. The molecule has 7 heteroatoms. The number of amides is 1. The summed E-state index contributed by atoms with van der Waals surface area (Å²) in [7, 11) is 0. The van der Waals surface area contributed by atoms with Crippen molar-refractivity contribution in [3.8, 4) is 0 Å². The molecule has 3 heterocycles. The molecule has 2 aromatic rings. The van der Waals surface area contributed by atoms with E-state index in [2.05, 4.69) is 20.4 Å². The van der Waals surface area contributed by atoms with Gasteiger partial charge in [-0.3, -0.25) is 14.7 Å². The van der Waals surface area contributed by atoms with Crippen LogP contribution >= 0.6 is 0 Å². The molecular formula is C19H26N4O3. The minimum absolute atomic E-state index is 0.0548. The highest BCUT2D eigenvalue weighted by Gasteiger charge is 2.26. The van der Waals surface area contributed by atoms with Crippen LogP contribution in [0.4, 0.5) is 0 Å². The SMILES string of the molecule is Cc1noc(C(C)C)c1C(=O)NCC(c1cccnc1)N1CCOCC1.